The summed E-state index contributed by atoms with van der Waals surface area (Å²) in [6.45, 7) is 2.13. The van der Waals surface area contributed by atoms with Crippen LogP contribution in [-0.2, 0) is 0 Å². The first-order valence-corrected chi connectivity index (χ1v) is 4.31. The molecule has 0 saturated heterocycles. The van der Waals surface area contributed by atoms with Crippen LogP contribution in [0.5, 0.6) is 0 Å². The largest absolute Gasteiger partial charge is 0.316 e. The van der Waals surface area contributed by atoms with Gasteiger partial charge in [-0.25, -0.2) is 0 Å². The van der Waals surface area contributed by atoms with Gasteiger partial charge in [0, 0.05) is 18.2 Å². The van der Waals surface area contributed by atoms with Crippen molar-refractivity contribution in [2.24, 2.45) is 0 Å². The molecule has 0 heterocycles. The number of hydrogen-bond donors (Lipinski definition) is 2. The first-order chi connectivity index (χ1) is 5.72. The second-order valence-corrected chi connectivity index (χ2v) is 3.29. The fourth-order valence-electron chi connectivity index (χ4n) is 1.40. The Hall–Kier alpha value is -0.890. The summed E-state index contributed by atoms with van der Waals surface area (Å²) in [6, 6.07) is 0.429. The Morgan fingerprint density at radius 2 is 2.25 bits per heavy atom. The molecule has 66 valence electrons. The third-order valence-electron chi connectivity index (χ3n) is 2.12. The van der Waals surface area contributed by atoms with Gasteiger partial charge >= 0.3 is 0 Å². The number of nitrogens with one attached hydrogen (secondary N) is 2. The lowest BCUT2D eigenvalue weighted by Gasteiger charge is -2.17. The molecule has 2 heteroatoms. The summed E-state index contributed by atoms with van der Waals surface area (Å²) >= 11 is 0. The lowest BCUT2D eigenvalue weighted by atomic mass is 9.99. The van der Waals surface area contributed by atoms with Gasteiger partial charge in [-0.3, -0.25) is 0 Å². The average molecular weight is 164 g/mol. The second kappa shape index (κ2) is 4.21. The highest BCUT2D eigenvalue weighted by molar-refractivity contribution is 5.93. The van der Waals surface area contributed by atoms with E-state index in [1.807, 2.05) is 19.2 Å². The van der Waals surface area contributed by atoms with E-state index < -0.39 is 0 Å². The first kappa shape index (κ1) is 9.20. The molecular formula is C10H16N2. The van der Waals surface area contributed by atoms with Gasteiger partial charge in [-0.15, -0.1) is 0 Å². The van der Waals surface area contributed by atoms with E-state index in [4.69, 9.17) is 5.41 Å². The minimum Gasteiger partial charge on any atom is -0.316 e. The van der Waals surface area contributed by atoms with Crippen LogP contribution in [0.4, 0.5) is 0 Å². The van der Waals surface area contributed by atoms with Crippen molar-refractivity contribution in [3.63, 3.8) is 0 Å². The number of rotatable bonds is 1. The van der Waals surface area contributed by atoms with Crippen molar-refractivity contribution in [1.29, 1.82) is 5.41 Å². The summed E-state index contributed by atoms with van der Waals surface area (Å²) in [6.07, 6.45) is 7.79. The molecule has 0 radical (unpaired) electrons. The van der Waals surface area contributed by atoms with Crippen LogP contribution in [0.2, 0.25) is 0 Å². The zero-order chi connectivity index (χ0) is 8.97. The van der Waals surface area contributed by atoms with Crippen molar-refractivity contribution in [2.75, 3.05) is 7.05 Å². The van der Waals surface area contributed by atoms with Crippen molar-refractivity contribution in [1.82, 2.24) is 5.32 Å². The van der Waals surface area contributed by atoms with Crippen LogP contribution >= 0.6 is 0 Å². The Kier molecular flexibility index (Phi) is 3.23. The fraction of sp³-hybridized carbons (Fsp3) is 0.500. The van der Waals surface area contributed by atoms with Crippen LogP contribution < -0.4 is 5.32 Å². The number of allylic oxidation sites excluding steroid dienone is 3. The molecule has 0 aliphatic heterocycles. The first-order valence-electron chi connectivity index (χ1n) is 4.31. The summed E-state index contributed by atoms with van der Waals surface area (Å²) in [5, 5.41) is 10.8. The van der Waals surface area contributed by atoms with E-state index in [2.05, 4.69) is 18.3 Å². The summed E-state index contributed by atoms with van der Waals surface area (Å²) in [5.41, 5.74) is 2.08. The lowest BCUT2D eigenvalue weighted by Crippen LogP contribution is -2.28. The van der Waals surface area contributed by atoms with Gasteiger partial charge in [0.2, 0.25) is 0 Å². The van der Waals surface area contributed by atoms with Crippen LogP contribution in [0.25, 0.3) is 0 Å². The minimum atomic E-state index is 0.429. The third kappa shape index (κ3) is 2.62. The van der Waals surface area contributed by atoms with Crippen LogP contribution in [0.15, 0.2) is 23.8 Å². The Labute approximate surface area is 73.9 Å². The van der Waals surface area contributed by atoms with E-state index in [1.165, 1.54) is 5.57 Å². The van der Waals surface area contributed by atoms with Crippen molar-refractivity contribution in [3.8, 4) is 0 Å². The van der Waals surface area contributed by atoms with Gasteiger partial charge in [-0.1, -0.05) is 17.7 Å². The smallest absolute Gasteiger partial charge is 0.0329 e. The highest BCUT2D eigenvalue weighted by Gasteiger charge is 2.09. The lowest BCUT2D eigenvalue weighted by molar-refractivity contribution is 0.574. The predicted octanol–water partition coefficient (Wildman–Crippen LogP) is 1.89. The number of hydrogen-bond acceptors (Lipinski definition) is 2. The van der Waals surface area contributed by atoms with Crippen LogP contribution in [0, 0.1) is 5.41 Å². The van der Waals surface area contributed by atoms with Crippen molar-refractivity contribution >= 4 is 5.71 Å². The van der Waals surface area contributed by atoms with Crippen LogP contribution in [0.3, 0.4) is 0 Å². The van der Waals surface area contributed by atoms with Gasteiger partial charge in [-0.05, 0) is 26.5 Å². The van der Waals surface area contributed by atoms with E-state index in [0.29, 0.717) is 11.8 Å². The standard InChI is InChI=1S/C10H16N2/c1-8-4-3-5-9(11)7-10(6-8)12-2/h3-5,10-12H,6-7H2,1-2H3/b5-3-,8-4-,11-9?. The van der Waals surface area contributed by atoms with E-state index in [0.717, 1.165) is 12.8 Å². The molecule has 0 amide bonds. The molecule has 1 atom stereocenters. The Morgan fingerprint density at radius 1 is 1.50 bits per heavy atom. The molecule has 1 rings (SSSR count). The fourth-order valence-corrected chi connectivity index (χ4v) is 1.40. The van der Waals surface area contributed by atoms with Gasteiger partial charge in [0.1, 0.15) is 0 Å². The monoisotopic (exact) mass is 164 g/mol. The molecule has 0 aromatic rings. The van der Waals surface area contributed by atoms with E-state index in [1.54, 1.807) is 0 Å². The summed E-state index contributed by atoms with van der Waals surface area (Å²) in [7, 11) is 1.95. The van der Waals surface area contributed by atoms with Gasteiger partial charge in [0.25, 0.3) is 0 Å². The molecule has 1 aliphatic rings. The normalized spacial score (nSPS) is 31.7. The molecule has 0 bridgehead atoms. The summed E-state index contributed by atoms with van der Waals surface area (Å²) < 4.78 is 0. The zero-order valence-corrected chi connectivity index (χ0v) is 7.72. The summed E-state index contributed by atoms with van der Waals surface area (Å²) in [4.78, 5) is 0. The van der Waals surface area contributed by atoms with Gasteiger partial charge in [0.15, 0.2) is 0 Å². The zero-order valence-electron chi connectivity index (χ0n) is 7.72. The molecule has 2 nitrogen and oxygen atoms in total. The van der Waals surface area contributed by atoms with Crippen molar-refractivity contribution < 1.29 is 0 Å². The molecule has 1 aliphatic carbocycles. The van der Waals surface area contributed by atoms with Crippen molar-refractivity contribution in [2.45, 2.75) is 25.8 Å². The van der Waals surface area contributed by atoms with Crippen LogP contribution in [0.1, 0.15) is 19.8 Å². The Balaban J connectivity index is 2.70. The van der Waals surface area contributed by atoms with Gasteiger partial charge in [0.05, 0.1) is 0 Å². The maximum Gasteiger partial charge on any atom is 0.0329 e. The SMILES string of the molecule is CNC1CC(=N)/C=C\C=C(\C)C1. The molecule has 0 fully saturated rings. The highest BCUT2D eigenvalue weighted by Crippen LogP contribution is 2.11. The Morgan fingerprint density at radius 3 is 2.92 bits per heavy atom. The molecule has 2 N–H and O–H groups in total. The maximum absolute atomic E-state index is 7.57. The molecule has 0 spiro atoms. The average Bonchev–Trinajstić information content (AvgIpc) is 2.00. The van der Waals surface area contributed by atoms with E-state index in [-0.39, 0.29) is 0 Å². The van der Waals surface area contributed by atoms with E-state index >= 15 is 0 Å². The third-order valence-corrected chi connectivity index (χ3v) is 2.12. The molecule has 1 unspecified atom stereocenters. The van der Waals surface area contributed by atoms with Crippen molar-refractivity contribution in [3.05, 3.63) is 23.8 Å². The topological polar surface area (TPSA) is 35.9 Å². The Bertz CT molecular complexity index is 226. The summed E-state index contributed by atoms with van der Waals surface area (Å²) in [5.74, 6) is 0. The van der Waals surface area contributed by atoms with Gasteiger partial charge < -0.3 is 10.7 Å². The van der Waals surface area contributed by atoms with E-state index in [9.17, 15) is 0 Å². The predicted molar refractivity (Wildman–Crippen MR) is 52.7 cm³/mol. The minimum absolute atomic E-state index is 0.429. The maximum atomic E-state index is 7.57. The molecule has 0 aromatic carbocycles. The molecule has 0 saturated carbocycles. The molecule has 0 aromatic heterocycles. The van der Waals surface area contributed by atoms with Gasteiger partial charge in [-0.2, -0.15) is 0 Å². The molecular weight excluding hydrogens is 148 g/mol. The second-order valence-electron chi connectivity index (χ2n) is 3.29. The quantitative estimate of drug-likeness (QED) is 0.610. The van der Waals surface area contributed by atoms with Crippen LogP contribution in [-0.4, -0.2) is 18.8 Å². The highest BCUT2D eigenvalue weighted by atomic mass is 14.9. The molecule has 12 heavy (non-hydrogen) atoms.